The molecule has 1 aromatic carbocycles. The minimum absolute atomic E-state index is 0. The van der Waals surface area contributed by atoms with Crippen molar-refractivity contribution in [3.8, 4) is 0 Å². The highest BCUT2D eigenvalue weighted by Crippen LogP contribution is 2.28. The van der Waals surface area contributed by atoms with E-state index in [-0.39, 0.29) is 24.0 Å². The lowest BCUT2D eigenvalue weighted by Crippen LogP contribution is -2.45. The summed E-state index contributed by atoms with van der Waals surface area (Å²) < 4.78 is 0. The highest BCUT2D eigenvalue weighted by Gasteiger charge is 2.18. The number of piperazine rings is 1. The largest absolute Gasteiger partial charge is 0.369 e. The van der Waals surface area contributed by atoms with E-state index in [1.54, 1.807) is 0 Å². The Bertz CT molecular complexity index is 659. The van der Waals surface area contributed by atoms with E-state index in [4.69, 9.17) is 11.6 Å². The Balaban J connectivity index is 0.00000480. The zero-order chi connectivity index (χ0) is 21.9. The van der Waals surface area contributed by atoms with E-state index in [0.717, 1.165) is 68.8 Å². The molecule has 1 aliphatic rings. The minimum atomic E-state index is 0. The summed E-state index contributed by atoms with van der Waals surface area (Å²) >= 11 is 6.59. The van der Waals surface area contributed by atoms with Gasteiger partial charge in [0, 0.05) is 62.1 Å². The van der Waals surface area contributed by atoms with E-state index >= 15 is 0 Å². The number of hydrogen-bond donors (Lipinski definition) is 2. The van der Waals surface area contributed by atoms with Crippen molar-refractivity contribution >= 4 is 47.2 Å². The van der Waals surface area contributed by atoms with Gasteiger partial charge in [-0.15, -0.1) is 24.0 Å². The van der Waals surface area contributed by atoms with E-state index in [2.05, 4.69) is 64.2 Å². The standard InChI is InChI=1S/C23H41ClN6.HI/c1-6-29(7-2)13-9-10-19(3)27-23(25-4)26-18-20-21(24)11-8-12-22(20)30-16-14-28(5)15-17-30;/h8,11-12,19H,6-7,9-10,13-18H2,1-5H3,(H2,25,26,27);1H. The Hall–Kier alpha value is -0.770. The molecule has 1 unspecified atom stereocenters. The predicted molar refractivity (Wildman–Crippen MR) is 146 cm³/mol. The third-order valence-corrected chi connectivity index (χ3v) is 6.34. The van der Waals surface area contributed by atoms with Gasteiger partial charge in [-0.05, 0) is 58.6 Å². The smallest absolute Gasteiger partial charge is 0.191 e. The van der Waals surface area contributed by atoms with Crippen LogP contribution in [0.5, 0.6) is 0 Å². The molecule has 2 rings (SSSR count). The Labute approximate surface area is 211 Å². The van der Waals surface area contributed by atoms with Crippen LogP contribution < -0.4 is 15.5 Å². The van der Waals surface area contributed by atoms with Gasteiger partial charge in [-0.3, -0.25) is 4.99 Å². The predicted octanol–water partition coefficient (Wildman–Crippen LogP) is 3.89. The summed E-state index contributed by atoms with van der Waals surface area (Å²) in [6, 6.07) is 6.57. The zero-order valence-corrected chi connectivity index (χ0v) is 23.0. The van der Waals surface area contributed by atoms with Gasteiger partial charge in [0.25, 0.3) is 0 Å². The lowest BCUT2D eigenvalue weighted by molar-refractivity contribution is 0.292. The number of anilines is 1. The summed E-state index contributed by atoms with van der Waals surface area (Å²) in [7, 11) is 4.00. The molecule has 31 heavy (non-hydrogen) atoms. The molecule has 1 heterocycles. The third kappa shape index (κ3) is 9.32. The van der Waals surface area contributed by atoms with Gasteiger partial charge in [0.2, 0.25) is 0 Å². The fraction of sp³-hybridized carbons (Fsp3) is 0.696. The Morgan fingerprint density at radius 1 is 1.19 bits per heavy atom. The van der Waals surface area contributed by atoms with Crippen LogP contribution in [0.3, 0.4) is 0 Å². The molecular weight excluding hydrogens is 523 g/mol. The third-order valence-electron chi connectivity index (χ3n) is 5.98. The molecule has 1 atom stereocenters. The summed E-state index contributed by atoms with van der Waals surface area (Å²) in [5.41, 5.74) is 2.37. The van der Waals surface area contributed by atoms with E-state index < -0.39 is 0 Å². The van der Waals surface area contributed by atoms with E-state index in [1.807, 2.05) is 19.2 Å². The Morgan fingerprint density at radius 2 is 1.87 bits per heavy atom. The molecule has 8 heteroatoms. The maximum Gasteiger partial charge on any atom is 0.191 e. The fourth-order valence-electron chi connectivity index (χ4n) is 3.90. The summed E-state index contributed by atoms with van der Waals surface area (Å²) in [6.07, 6.45) is 2.31. The van der Waals surface area contributed by atoms with Crippen molar-refractivity contribution in [1.82, 2.24) is 20.4 Å². The molecule has 0 bridgehead atoms. The number of guanidine groups is 1. The quantitative estimate of drug-likeness (QED) is 0.257. The molecule has 0 spiro atoms. The summed E-state index contributed by atoms with van der Waals surface area (Å²) in [6.45, 7) is 14.9. The van der Waals surface area contributed by atoms with Crippen LogP contribution in [0, 0.1) is 0 Å². The van der Waals surface area contributed by atoms with Crippen molar-refractivity contribution in [3.05, 3.63) is 28.8 Å². The van der Waals surface area contributed by atoms with Crippen LogP contribution in [0.1, 0.15) is 39.2 Å². The number of aliphatic imine (C=N–C) groups is 1. The lowest BCUT2D eigenvalue weighted by atomic mass is 10.1. The molecule has 0 saturated carbocycles. The minimum Gasteiger partial charge on any atom is -0.369 e. The number of benzene rings is 1. The van der Waals surface area contributed by atoms with Crippen molar-refractivity contribution in [1.29, 1.82) is 0 Å². The molecule has 0 aliphatic carbocycles. The van der Waals surface area contributed by atoms with Crippen LogP contribution in [0.2, 0.25) is 5.02 Å². The SMILES string of the molecule is CCN(CC)CCCC(C)NC(=NC)NCc1c(Cl)cccc1N1CCN(C)CC1.I. The summed E-state index contributed by atoms with van der Waals surface area (Å²) in [4.78, 5) is 11.7. The first-order valence-corrected chi connectivity index (χ1v) is 11.8. The topological polar surface area (TPSA) is 46.1 Å². The Morgan fingerprint density at radius 3 is 2.48 bits per heavy atom. The molecule has 1 fully saturated rings. The zero-order valence-electron chi connectivity index (χ0n) is 20.0. The molecule has 2 N–H and O–H groups in total. The second kappa shape index (κ2) is 15.1. The normalized spacial score (nSPS) is 16.2. The van der Waals surface area contributed by atoms with Crippen LogP contribution in [-0.4, -0.2) is 81.7 Å². The second-order valence-electron chi connectivity index (χ2n) is 8.17. The van der Waals surface area contributed by atoms with Crippen molar-refractivity contribution in [3.63, 3.8) is 0 Å². The van der Waals surface area contributed by atoms with Gasteiger partial charge in [0.15, 0.2) is 5.96 Å². The average Bonchev–Trinajstić information content (AvgIpc) is 2.75. The number of rotatable bonds is 10. The highest BCUT2D eigenvalue weighted by molar-refractivity contribution is 14.0. The molecular formula is C23H42ClIN6. The summed E-state index contributed by atoms with van der Waals surface area (Å²) in [5, 5.41) is 7.81. The van der Waals surface area contributed by atoms with Gasteiger partial charge in [-0.2, -0.15) is 0 Å². The van der Waals surface area contributed by atoms with Crippen LogP contribution in [0.15, 0.2) is 23.2 Å². The van der Waals surface area contributed by atoms with Crippen LogP contribution >= 0.6 is 35.6 Å². The monoisotopic (exact) mass is 564 g/mol. The molecule has 1 aliphatic heterocycles. The van der Waals surface area contributed by atoms with Gasteiger partial charge in [-0.1, -0.05) is 31.5 Å². The molecule has 6 nitrogen and oxygen atoms in total. The van der Waals surface area contributed by atoms with Crippen LogP contribution in [-0.2, 0) is 6.54 Å². The van der Waals surface area contributed by atoms with Gasteiger partial charge in [0.05, 0.1) is 0 Å². The maximum absolute atomic E-state index is 6.59. The first kappa shape index (κ1) is 28.3. The number of nitrogens with one attached hydrogen (secondary N) is 2. The van der Waals surface area contributed by atoms with Crippen molar-refractivity contribution in [2.75, 3.05) is 64.8 Å². The van der Waals surface area contributed by atoms with Crippen LogP contribution in [0.4, 0.5) is 5.69 Å². The van der Waals surface area contributed by atoms with Gasteiger partial charge >= 0.3 is 0 Å². The maximum atomic E-state index is 6.59. The molecule has 0 amide bonds. The highest BCUT2D eigenvalue weighted by atomic mass is 127. The van der Waals surface area contributed by atoms with E-state index in [9.17, 15) is 0 Å². The molecule has 0 aromatic heterocycles. The lowest BCUT2D eigenvalue weighted by Gasteiger charge is -2.35. The number of hydrogen-bond acceptors (Lipinski definition) is 4. The summed E-state index contributed by atoms with van der Waals surface area (Å²) in [5.74, 6) is 0.828. The molecule has 1 aromatic rings. The molecule has 1 saturated heterocycles. The molecule has 178 valence electrons. The molecule has 0 radical (unpaired) electrons. The van der Waals surface area contributed by atoms with Gasteiger partial charge in [-0.25, -0.2) is 0 Å². The number of likely N-dealkylation sites (N-methyl/N-ethyl adjacent to an activating group) is 1. The fourth-order valence-corrected chi connectivity index (χ4v) is 4.14. The van der Waals surface area contributed by atoms with Gasteiger partial charge < -0.3 is 25.3 Å². The van der Waals surface area contributed by atoms with Crippen molar-refractivity contribution in [2.45, 2.75) is 46.2 Å². The van der Waals surface area contributed by atoms with E-state index in [0.29, 0.717) is 12.6 Å². The first-order chi connectivity index (χ1) is 14.5. The van der Waals surface area contributed by atoms with E-state index in [1.165, 1.54) is 12.1 Å². The van der Waals surface area contributed by atoms with Crippen LogP contribution in [0.25, 0.3) is 0 Å². The number of nitrogens with zero attached hydrogens (tertiary/aromatic N) is 4. The van der Waals surface area contributed by atoms with Crippen molar-refractivity contribution in [2.24, 2.45) is 4.99 Å². The first-order valence-electron chi connectivity index (χ1n) is 11.4. The second-order valence-corrected chi connectivity index (χ2v) is 8.58. The average molecular weight is 565 g/mol. The number of halogens is 2. The van der Waals surface area contributed by atoms with Gasteiger partial charge in [0.1, 0.15) is 0 Å². The van der Waals surface area contributed by atoms with Crippen molar-refractivity contribution < 1.29 is 0 Å². The Kier molecular flexibility index (Phi) is 13.8.